The molecule has 108 valence electrons. The molecule has 5 nitrogen and oxygen atoms in total. The molecule has 0 aromatic heterocycles. The number of ether oxygens (including phenoxy) is 1. The molecule has 2 aliphatic rings. The summed E-state index contributed by atoms with van der Waals surface area (Å²) in [6, 6.07) is 0.294. The van der Waals surface area contributed by atoms with Crippen LogP contribution in [0.15, 0.2) is 0 Å². The topological polar surface area (TPSA) is 49.9 Å². The molecule has 0 aromatic carbocycles. The fraction of sp³-hybridized carbons (Fsp3) is 0.846. The van der Waals surface area contributed by atoms with E-state index in [9.17, 15) is 9.59 Å². The zero-order valence-electron chi connectivity index (χ0n) is 11.3. The predicted octanol–water partition coefficient (Wildman–Crippen LogP) is 1.85. The second-order valence-corrected chi connectivity index (χ2v) is 5.84. The number of alkyl halides is 1. The van der Waals surface area contributed by atoms with Gasteiger partial charge in [-0.05, 0) is 25.7 Å². The van der Waals surface area contributed by atoms with Crippen molar-refractivity contribution in [3.63, 3.8) is 0 Å². The van der Waals surface area contributed by atoms with Gasteiger partial charge < -0.3 is 14.5 Å². The molecule has 0 saturated carbocycles. The van der Waals surface area contributed by atoms with Crippen LogP contribution in [-0.4, -0.2) is 59.4 Å². The van der Waals surface area contributed by atoms with Crippen LogP contribution in [0.4, 0.5) is 4.79 Å². The monoisotopic (exact) mass is 332 g/mol. The third kappa shape index (κ3) is 3.41. The molecule has 0 radical (unpaired) electrons. The standard InChI is InChI=1S/C13H21BrN2O3/c1-2-19-13(18)15-5-3-11(4-6-15)16-9-10(8-14)7-12(16)17/h10-11H,2-9H2,1H3. The molecule has 0 spiro atoms. The minimum Gasteiger partial charge on any atom is -0.450 e. The third-order valence-electron chi connectivity index (χ3n) is 3.89. The highest BCUT2D eigenvalue weighted by Crippen LogP contribution is 2.26. The molecule has 2 fully saturated rings. The van der Waals surface area contributed by atoms with Gasteiger partial charge in [-0.2, -0.15) is 0 Å². The zero-order valence-corrected chi connectivity index (χ0v) is 12.9. The van der Waals surface area contributed by atoms with Crippen molar-refractivity contribution >= 4 is 27.9 Å². The molecule has 19 heavy (non-hydrogen) atoms. The smallest absolute Gasteiger partial charge is 0.409 e. The van der Waals surface area contributed by atoms with E-state index in [0.29, 0.717) is 38.1 Å². The molecule has 2 rings (SSSR count). The summed E-state index contributed by atoms with van der Waals surface area (Å²) in [7, 11) is 0. The molecule has 2 heterocycles. The van der Waals surface area contributed by atoms with Gasteiger partial charge in [-0.3, -0.25) is 4.79 Å². The van der Waals surface area contributed by atoms with Crippen molar-refractivity contribution in [2.75, 3.05) is 31.6 Å². The minimum atomic E-state index is -0.230. The van der Waals surface area contributed by atoms with Crippen molar-refractivity contribution < 1.29 is 14.3 Å². The Bertz CT molecular complexity index is 343. The lowest BCUT2D eigenvalue weighted by Crippen LogP contribution is -2.47. The van der Waals surface area contributed by atoms with Gasteiger partial charge in [0.25, 0.3) is 0 Å². The van der Waals surface area contributed by atoms with E-state index in [1.807, 2.05) is 11.8 Å². The number of amides is 2. The maximum atomic E-state index is 12.0. The second-order valence-electron chi connectivity index (χ2n) is 5.19. The first-order chi connectivity index (χ1) is 9.15. The van der Waals surface area contributed by atoms with Gasteiger partial charge >= 0.3 is 6.09 Å². The van der Waals surface area contributed by atoms with E-state index in [0.717, 1.165) is 24.7 Å². The Hall–Kier alpha value is -0.780. The van der Waals surface area contributed by atoms with Crippen molar-refractivity contribution in [1.82, 2.24) is 9.80 Å². The molecule has 0 aromatic rings. The highest BCUT2D eigenvalue weighted by atomic mass is 79.9. The molecular formula is C13H21BrN2O3. The summed E-state index contributed by atoms with van der Waals surface area (Å²) in [6.07, 6.45) is 2.15. The number of piperidine rings is 1. The fourth-order valence-electron chi connectivity index (χ4n) is 2.84. The molecule has 0 N–H and O–H groups in total. The number of halogens is 1. The maximum absolute atomic E-state index is 12.0. The number of hydrogen-bond acceptors (Lipinski definition) is 3. The number of hydrogen-bond donors (Lipinski definition) is 0. The molecule has 1 atom stereocenters. The van der Waals surface area contributed by atoms with Gasteiger partial charge in [0.1, 0.15) is 0 Å². The number of rotatable bonds is 3. The Morgan fingerprint density at radius 3 is 2.63 bits per heavy atom. The van der Waals surface area contributed by atoms with Crippen molar-refractivity contribution in [2.24, 2.45) is 5.92 Å². The molecule has 1 unspecified atom stereocenters. The van der Waals surface area contributed by atoms with Crippen molar-refractivity contribution in [3.05, 3.63) is 0 Å². The second kappa shape index (κ2) is 6.59. The Balaban J connectivity index is 1.83. The van der Waals surface area contributed by atoms with Gasteiger partial charge in [0.2, 0.25) is 5.91 Å². The van der Waals surface area contributed by atoms with Gasteiger partial charge in [-0.1, -0.05) is 15.9 Å². The number of likely N-dealkylation sites (tertiary alicyclic amines) is 2. The minimum absolute atomic E-state index is 0.230. The molecule has 2 saturated heterocycles. The fourth-order valence-corrected chi connectivity index (χ4v) is 3.27. The SMILES string of the molecule is CCOC(=O)N1CCC(N2CC(CBr)CC2=O)CC1. The molecule has 2 amide bonds. The van der Waals surface area contributed by atoms with Crippen LogP contribution >= 0.6 is 15.9 Å². The maximum Gasteiger partial charge on any atom is 0.409 e. The first-order valence-electron chi connectivity index (χ1n) is 6.92. The summed E-state index contributed by atoms with van der Waals surface area (Å²) in [5.74, 6) is 0.703. The molecular weight excluding hydrogens is 312 g/mol. The van der Waals surface area contributed by atoms with Crippen molar-refractivity contribution in [3.8, 4) is 0 Å². The Morgan fingerprint density at radius 2 is 2.11 bits per heavy atom. The van der Waals surface area contributed by atoms with Crippen LogP contribution < -0.4 is 0 Å². The summed E-state index contributed by atoms with van der Waals surface area (Å²) in [5, 5.41) is 0.886. The first kappa shape index (κ1) is 14.6. The predicted molar refractivity (Wildman–Crippen MR) is 75.2 cm³/mol. The molecule has 6 heteroatoms. The highest BCUT2D eigenvalue weighted by Gasteiger charge is 2.36. The molecule has 2 aliphatic heterocycles. The summed E-state index contributed by atoms with van der Waals surface area (Å²) in [4.78, 5) is 27.3. The lowest BCUT2D eigenvalue weighted by molar-refractivity contribution is -0.130. The van der Waals surface area contributed by atoms with Crippen molar-refractivity contribution in [2.45, 2.75) is 32.2 Å². The van der Waals surface area contributed by atoms with E-state index in [1.54, 1.807) is 4.90 Å². The third-order valence-corrected chi connectivity index (χ3v) is 4.80. The van der Waals surface area contributed by atoms with Crippen LogP contribution in [-0.2, 0) is 9.53 Å². The van der Waals surface area contributed by atoms with Crippen LogP contribution in [0.1, 0.15) is 26.2 Å². The normalized spacial score (nSPS) is 24.9. The zero-order chi connectivity index (χ0) is 13.8. The summed E-state index contributed by atoms with van der Waals surface area (Å²) in [6.45, 7) is 4.46. The van der Waals surface area contributed by atoms with E-state index in [2.05, 4.69) is 15.9 Å². The Morgan fingerprint density at radius 1 is 1.42 bits per heavy atom. The summed E-state index contributed by atoms with van der Waals surface area (Å²) in [5.41, 5.74) is 0. The number of nitrogens with zero attached hydrogens (tertiary/aromatic N) is 2. The Labute approximate surface area is 122 Å². The summed E-state index contributed by atoms with van der Waals surface area (Å²) >= 11 is 3.45. The highest BCUT2D eigenvalue weighted by molar-refractivity contribution is 9.09. The van der Waals surface area contributed by atoms with Gasteiger partial charge in [-0.25, -0.2) is 4.79 Å². The van der Waals surface area contributed by atoms with Crippen LogP contribution in [0, 0.1) is 5.92 Å². The quantitative estimate of drug-likeness (QED) is 0.741. The first-order valence-corrected chi connectivity index (χ1v) is 8.05. The molecule has 0 bridgehead atoms. The largest absolute Gasteiger partial charge is 0.450 e. The lowest BCUT2D eigenvalue weighted by Gasteiger charge is -2.36. The van der Waals surface area contributed by atoms with Gasteiger partial charge in [0.15, 0.2) is 0 Å². The van der Waals surface area contributed by atoms with E-state index in [4.69, 9.17) is 4.74 Å². The van der Waals surface area contributed by atoms with E-state index < -0.39 is 0 Å². The summed E-state index contributed by atoms with van der Waals surface area (Å²) < 4.78 is 5.00. The average molecular weight is 333 g/mol. The average Bonchev–Trinajstić information content (AvgIpc) is 2.80. The Kier molecular flexibility index (Phi) is 5.07. The van der Waals surface area contributed by atoms with Crippen LogP contribution in [0.5, 0.6) is 0 Å². The number of carbonyl (C=O) groups is 2. The van der Waals surface area contributed by atoms with Crippen LogP contribution in [0.25, 0.3) is 0 Å². The van der Waals surface area contributed by atoms with Gasteiger partial charge in [-0.15, -0.1) is 0 Å². The van der Waals surface area contributed by atoms with E-state index in [1.165, 1.54) is 0 Å². The van der Waals surface area contributed by atoms with Crippen LogP contribution in [0.2, 0.25) is 0 Å². The van der Waals surface area contributed by atoms with Gasteiger partial charge in [0, 0.05) is 37.4 Å². The lowest BCUT2D eigenvalue weighted by atomic mass is 10.0. The molecule has 0 aliphatic carbocycles. The van der Waals surface area contributed by atoms with E-state index >= 15 is 0 Å². The van der Waals surface area contributed by atoms with Crippen molar-refractivity contribution in [1.29, 1.82) is 0 Å². The van der Waals surface area contributed by atoms with Gasteiger partial charge in [0.05, 0.1) is 6.61 Å². The van der Waals surface area contributed by atoms with Crippen LogP contribution in [0.3, 0.4) is 0 Å². The van der Waals surface area contributed by atoms with E-state index in [-0.39, 0.29) is 12.0 Å². The number of carbonyl (C=O) groups excluding carboxylic acids is 2.